The second kappa shape index (κ2) is 7.37. The minimum atomic E-state index is 0.174. The molecule has 2 unspecified atom stereocenters. The number of likely N-dealkylation sites (N-methyl/N-ethyl adjacent to an activating group) is 1. The number of nitrogens with two attached hydrogens (primary N) is 1. The van der Waals surface area contributed by atoms with Gasteiger partial charge in [-0.1, -0.05) is 26.7 Å². The minimum absolute atomic E-state index is 0.174. The van der Waals surface area contributed by atoms with Crippen LogP contribution in [-0.4, -0.2) is 29.0 Å². The molecule has 2 rings (SSSR count). The number of nitrogens with zero attached hydrogens (tertiary/aromatic N) is 2. The maximum absolute atomic E-state index is 6.23. The van der Waals surface area contributed by atoms with Gasteiger partial charge in [0.25, 0.3) is 0 Å². The average Bonchev–Trinajstić information content (AvgIpc) is 2.71. The molecule has 1 aromatic heterocycles. The topological polar surface area (TPSA) is 42.1 Å². The summed E-state index contributed by atoms with van der Waals surface area (Å²) in [4.78, 5) is 6.59. The van der Waals surface area contributed by atoms with Crippen LogP contribution in [-0.2, 0) is 6.54 Å². The van der Waals surface area contributed by atoms with E-state index < -0.39 is 0 Å². The van der Waals surface area contributed by atoms with E-state index in [1.807, 2.05) is 12.4 Å². The normalized spacial score (nSPS) is 27.0. The lowest BCUT2D eigenvalue weighted by Gasteiger charge is -2.41. The summed E-state index contributed by atoms with van der Waals surface area (Å²) < 4.78 is 0. The van der Waals surface area contributed by atoms with E-state index in [4.69, 9.17) is 5.73 Å². The van der Waals surface area contributed by atoms with Crippen LogP contribution >= 0.6 is 0 Å². The van der Waals surface area contributed by atoms with E-state index in [1.54, 1.807) is 0 Å². The van der Waals surface area contributed by atoms with E-state index >= 15 is 0 Å². The second-order valence-corrected chi connectivity index (χ2v) is 7.07. The van der Waals surface area contributed by atoms with Crippen molar-refractivity contribution in [3.05, 3.63) is 30.1 Å². The van der Waals surface area contributed by atoms with Crippen LogP contribution in [0.1, 0.15) is 51.5 Å². The van der Waals surface area contributed by atoms with Crippen LogP contribution in [0.5, 0.6) is 0 Å². The molecule has 0 saturated heterocycles. The van der Waals surface area contributed by atoms with E-state index in [2.05, 4.69) is 42.9 Å². The maximum atomic E-state index is 6.23. The fraction of sp³-hybridized carbons (Fsp3) is 0.722. The van der Waals surface area contributed by atoms with Crippen molar-refractivity contribution in [3.63, 3.8) is 0 Å². The van der Waals surface area contributed by atoms with Gasteiger partial charge in [-0.3, -0.25) is 9.88 Å². The Labute approximate surface area is 129 Å². The molecule has 0 radical (unpaired) electrons. The molecule has 118 valence electrons. The van der Waals surface area contributed by atoms with Crippen LogP contribution in [0.25, 0.3) is 0 Å². The summed E-state index contributed by atoms with van der Waals surface area (Å²) in [5.41, 5.74) is 7.73. The van der Waals surface area contributed by atoms with Gasteiger partial charge < -0.3 is 5.73 Å². The SMILES string of the molecule is CC(C)C1CCCC(CN)(N(C)Cc2ccncc2)CC1. The zero-order valence-electron chi connectivity index (χ0n) is 13.9. The van der Waals surface area contributed by atoms with Gasteiger partial charge in [-0.2, -0.15) is 0 Å². The third kappa shape index (κ3) is 4.04. The fourth-order valence-electron chi connectivity index (χ4n) is 3.75. The predicted molar refractivity (Wildman–Crippen MR) is 88.9 cm³/mol. The molecule has 0 bridgehead atoms. The summed E-state index contributed by atoms with van der Waals surface area (Å²) in [6, 6.07) is 4.21. The Morgan fingerprint density at radius 2 is 2.00 bits per heavy atom. The Bertz CT molecular complexity index is 418. The summed E-state index contributed by atoms with van der Waals surface area (Å²) >= 11 is 0. The highest BCUT2D eigenvalue weighted by Crippen LogP contribution is 2.37. The van der Waals surface area contributed by atoms with Crippen molar-refractivity contribution in [1.82, 2.24) is 9.88 Å². The Morgan fingerprint density at radius 3 is 2.62 bits per heavy atom. The van der Waals surface area contributed by atoms with Gasteiger partial charge in [0.05, 0.1) is 0 Å². The molecule has 1 aliphatic rings. The van der Waals surface area contributed by atoms with Gasteiger partial charge in [-0.05, 0) is 55.8 Å². The molecule has 1 aliphatic carbocycles. The van der Waals surface area contributed by atoms with E-state index in [-0.39, 0.29) is 5.54 Å². The van der Waals surface area contributed by atoms with Crippen LogP contribution in [0, 0.1) is 11.8 Å². The van der Waals surface area contributed by atoms with Crippen molar-refractivity contribution >= 4 is 0 Å². The van der Waals surface area contributed by atoms with Crippen molar-refractivity contribution in [2.45, 2.75) is 58.0 Å². The average molecular weight is 289 g/mol. The largest absolute Gasteiger partial charge is 0.329 e. The first-order valence-corrected chi connectivity index (χ1v) is 8.37. The number of rotatable bonds is 5. The van der Waals surface area contributed by atoms with Gasteiger partial charge in [-0.15, -0.1) is 0 Å². The Balaban J connectivity index is 2.06. The van der Waals surface area contributed by atoms with Crippen molar-refractivity contribution in [2.24, 2.45) is 17.6 Å². The van der Waals surface area contributed by atoms with Crippen molar-refractivity contribution in [3.8, 4) is 0 Å². The Kier molecular flexibility index (Phi) is 5.77. The first kappa shape index (κ1) is 16.4. The summed E-state index contributed by atoms with van der Waals surface area (Å²) in [5, 5.41) is 0. The number of hydrogen-bond donors (Lipinski definition) is 1. The van der Waals surface area contributed by atoms with Gasteiger partial charge >= 0.3 is 0 Å². The maximum Gasteiger partial charge on any atom is 0.0332 e. The molecule has 1 fully saturated rings. The zero-order chi connectivity index (χ0) is 15.3. The van der Waals surface area contributed by atoms with Crippen LogP contribution in [0.3, 0.4) is 0 Å². The number of hydrogen-bond acceptors (Lipinski definition) is 3. The molecule has 3 heteroatoms. The molecule has 2 atom stereocenters. The number of aromatic nitrogens is 1. The zero-order valence-corrected chi connectivity index (χ0v) is 13.9. The Hall–Kier alpha value is -0.930. The highest BCUT2D eigenvalue weighted by atomic mass is 15.2. The third-order valence-electron chi connectivity index (χ3n) is 5.50. The summed E-state index contributed by atoms with van der Waals surface area (Å²) in [6.07, 6.45) is 10.2. The third-order valence-corrected chi connectivity index (χ3v) is 5.50. The van der Waals surface area contributed by atoms with Crippen molar-refractivity contribution in [2.75, 3.05) is 13.6 Å². The molecular weight excluding hydrogens is 258 g/mol. The van der Waals surface area contributed by atoms with Gasteiger partial charge in [0.15, 0.2) is 0 Å². The molecule has 0 amide bonds. The van der Waals surface area contributed by atoms with Gasteiger partial charge in [0, 0.05) is 31.0 Å². The van der Waals surface area contributed by atoms with Gasteiger partial charge in [-0.25, -0.2) is 0 Å². The summed E-state index contributed by atoms with van der Waals surface area (Å²) in [5.74, 6) is 1.66. The van der Waals surface area contributed by atoms with Crippen LogP contribution in [0.15, 0.2) is 24.5 Å². The van der Waals surface area contributed by atoms with E-state index in [0.717, 1.165) is 24.9 Å². The van der Waals surface area contributed by atoms with Gasteiger partial charge in [0.1, 0.15) is 0 Å². The molecule has 1 saturated carbocycles. The first-order valence-electron chi connectivity index (χ1n) is 8.37. The van der Waals surface area contributed by atoms with Gasteiger partial charge in [0.2, 0.25) is 0 Å². The van der Waals surface area contributed by atoms with Crippen LogP contribution in [0.2, 0.25) is 0 Å². The first-order chi connectivity index (χ1) is 10.1. The highest BCUT2D eigenvalue weighted by Gasteiger charge is 2.36. The molecule has 0 spiro atoms. The lowest BCUT2D eigenvalue weighted by molar-refractivity contribution is 0.0975. The van der Waals surface area contributed by atoms with Crippen LogP contribution in [0.4, 0.5) is 0 Å². The van der Waals surface area contributed by atoms with E-state index in [1.165, 1.54) is 37.7 Å². The molecule has 3 nitrogen and oxygen atoms in total. The number of pyridine rings is 1. The second-order valence-electron chi connectivity index (χ2n) is 7.07. The Morgan fingerprint density at radius 1 is 1.29 bits per heavy atom. The molecule has 0 aliphatic heterocycles. The predicted octanol–water partition coefficient (Wildman–Crippen LogP) is 3.45. The summed E-state index contributed by atoms with van der Waals surface area (Å²) in [7, 11) is 2.24. The van der Waals surface area contributed by atoms with E-state index in [0.29, 0.717) is 0 Å². The van der Waals surface area contributed by atoms with E-state index in [9.17, 15) is 0 Å². The molecular formula is C18H31N3. The monoisotopic (exact) mass is 289 g/mol. The van der Waals surface area contributed by atoms with Crippen LogP contribution < -0.4 is 5.73 Å². The molecule has 2 N–H and O–H groups in total. The minimum Gasteiger partial charge on any atom is -0.329 e. The summed E-state index contributed by atoms with van der Waals surface area (Å²) in [6.45, 7) is 6.45. The quantitative estimate of drug-likeness (QED) is 0.844. The lowest BCUT2D eigenvalue weighted by atomic mass is 9.85. The molecule has 1 aromatic rings. The smallest absolute Gasteiger partial charge is 0.0332 e. The molecule has 1 heterocycles. The standard InChI is InChI=1S/C18H31N3/c1-15(2)17-5-4-9-18(14-19,10-6-17)21(3)13-16-7-11-20-12-8-16/h7-8,11-12,15,17H,4-6,9-10,13-14,19H2,1-3H3. The van der Waals surface area contributed by atoms with Crippen molar-refractivity contribution in [1.29, 1.82) is 0 Å². The van der Waals surface area contributed by atoms with Crippen molar-refractivity contribution < 1.29 is 0 Å². The molecule has 0 aromatic carbocycles. The fourth-order valence-corrected chi connectivity index (χ4v) is 3.75. The lowest BCUT2D eigenvalue weighted by Crippen LogP contribution is -2.51. The molecule has 21 heavy (non-hydrogen) atoms. The highest BCUT2D eigenvalue weighted by molar-refractivity contribution is 5.10.